The van der Waals surface area contributed by atoms with Crippen molar-refractivity contribution in [3.63, 3.8) is 0 Å². The lowest BCUT2D eigenvalue weighted by atomic mass is 9.68. The zero-order chi connectivity index (χ0) is 17.7. The molecule has 3 saturated carbocycles. The number of aromatic nitrogens is 2. The van der Waals surface area contributed by atoms with E-state index in [9.17, 15) is 8.78 Å². The molecule has 6 rings (SSSR count). The number of rotatable bonds is 2. The van der Waals surface area contributed by atoms with E-state index in [1.807, 2.05) is 0 Å². The molecule has 0 aromatic carbocycles. The first-order valence-electron chi connectivity index (χ1n) is 9.48. The van der Waals surface area contributed by atoms with Gasteiger partial charge in [0.1, 0.15) is 23.5 Å². The van der Waals surface area contributed by atoms with Crippen LogP contribution in [0.1, 0.15) is 44.1 Å². The van der Waals surface area contributed by atoms with Gasteiger partial charge in [0, 0.05) is 29.3 Å². The molecule has 2 N–H and O–H groups in total. The minimum atomic E-state index is -1.09. The first-order valence-corrected chi connectivity index (χ1v) is 9.48. The number of aliphatic imine (C=N–C) groups is 1. The highest BCUT2D eigenvalue weighted by Crippen LogP contribution is 2.43. The molecule has 4 nitrogen and oxygen atoms in total. The molecule has 0 spiro atoms. The van der Waals surface area contributed by atoms with Crippen molar-refractivity contribution >= 4 is 22.6 Å². The van der Waals surface area contributed by atoms with Crippen molar-refractivity contribution in [2.24, 2.45) is 16.8 Å². The van der Waals surface area contributed by atoms with Crippen LogP contribution in [0.2, 0.25) is 0 Å². The predicted octanol–water partition coefficient (Wildman–Crippen LogP) is 4.35. The average Bonchev–Trinajstić information content (AvgIpc) is 3.05. The van der Waals surface area contributed by atoms with Gasteiger partial charge in [0.05, 0.1) is 12.2 Å². The number of aromatic amines is 1. The fourth-order valence-electron chi connectivity index (χ4n) is 4.82. The molecule has 2 unspecified atom stereocenters. The smallest absolute Gasteiger partial charge is 0.142 e. The molecular formula is C20H22F2N4. The highest BCUT2D eigenvalue weighted by atomic mass is 19.1. The van der Waals surface area contributed by atoms with Gasteiger partial charge in [-0.25, -0.2) is 13.8 Å². The lowest BCUT2D eigenvalue weighted by molar-refractivity contribution is 0.148. The van der Waals surface area contributed by atoms with Crippen LogP contribution in [0.25, 0.3) is 16.7 Å². The molecule has 136 valence electrons. The Labute approximate surface area is 150 Å². The molecule has 2 aromatic rings. The van der Waals surface area contributed by atoms with Gasteiger partial charge in [-0.15, -0.1) is 0 Å². The van der Waals surface area contributed by atoms with Crippen LogP contribution >= 0.6 is 0 Å². The second-order valence-corrected chi connectivity index (χ2v) is 7.84. The first-order chi connectivity index (χ1) is 12.7. The fraction of sp³-hybridized carbons (Fsp3) is 0.500. The Morgan fingerprint density at radius 1 is 1.19 bits per heavy atom. The molecule has 3 aliphatic carbocycles. The maximum Gasteiger partial charge on any atom is 0.142 e. The van der Waals surface area contributed by atoms with Crippen molar-refractivity contribution in [3.8, 4) is 0 Å². The highest BCUT2D eigenvalue weighted by Gasteiger charge is 2.36. The Hall–Kier alpha value is -2.24. The van der Waals surface area contributed by atoms with Crippen LogP contribution in [0, 0.1) is 17.7 Å². The zero-order valence-electron chi connectivity index (χ0n) is 14.5. The average molecular weight is 356 g/mol. The van der Waals surface area contributed by atoms with E-state index < -0.39 is 12.0 Å². The SMILES string of the molecule is Fc1cnc2[nH]cc(C3=CC(F)CC(=NC4CC5CCC4CC5)N3)c2c1. The largest absolute Gasteiger partial charge is 0.345 e. The lowest BCUT2D eigenvalue weighted by Crippen LogP contribution is -2.37. The van der Waals surface area contributed by atoms with Crippen molar-refractivity contribution in [2.75, 3.05) is 0 Å². The summed E-state index contributed by atoms with van der Waals surface area (Å²) in [6, 6.07) is 1.74. The number of allylic oxidation sites excluding steroid dienone is 1. The molecule has 1 aliphatic heterocycles. The van der Waals surface area contributed by atoms with Crippen LogP contribution in [0.5, 0.6) is 0 Å². The summed E-state index contributed by atoms with van der Waals surface area (Å²) in [6.07, 6.45) is 9.96. The maximum absolute atomic E-state index is 14.4. The topological polar surface area (TPSA) is 53.1 Å². The molecule has 3 fully saturated rings. The number of nitrogens with zero attached hydrogens (tertiary/aromatic N) is 2. The van der Waals surface area contributed by atoms with Gasteiger partial charge >= 0.3 is 0 Å². The summed E-state index contributed by atoms with van der Waals surface area (Å²) < 4.78 is 28.0. The van der Waals surface area contributed by atoms with Crippen molar-refractivity contribution in [2.45, 2.75) is 50.7 Å². The van der Waals surface area contributed by atoms with Crippen LogP contribution in [0.15, 0.2) is 29.5 Å². The summed E-state index contributed by atoms with van der Waals surface area (Å²) >= 11 is 0. The number of amidine groups is 1. The summed E-state index contributed by atoms with van der Waals surface area (Å²) in [5.41, 5.74) is 1.96. The molecule has 4 aliphatic rings. The van der Waals surface area contributed by atoms with Crippen LogP contribution in [-0.2, 0) is 0 Å². The van der Waals surface area contributed by atoms with Gasteiger partial charge in [-0.2, -0.15) is 0 Å². The summed E-state index contributed by atoms with van der Waals surface area (Å²) in [6.45, 7) is 0. The molecule has 26 heavy (non-hydrogen) atoms. The number of hydrogen-bond donors (Lipinski definition) is 2. The van der Waals surface area contributed by atoms with Crippen LogP contribution < -0.4 is 5.32 Å². The minimum Gasteiger partial charge on any atom is -0.345 e. The van der Waals surface area contributed by atoms with Gasteiger partial charge in [-0.1, -0.05) is 12.8 Å². The van der Waals surface area contributed by atoms with E-state index in [0.717, 1.165) is 17.9 Å². The third-order valence-electron chi connectivity index (χ3n) is 6.13. The van der Waals surface area contributed by atoms with Crippen molar-refractivity contribution in [1.29, 1.82) is 0 Å². The number of H-pyrrole nitrogens is 1. The van der Waals surface area contributed by atoms with Crippen LogP contribution in [0.4, 0.5) is 8.78 Å². The van der Waals surface area contributed by atoms with E-state index >= 15 is 0 Å². The monoisotopic (exact) mass is 356 g/mol. The predicted molar refractivity (Wildman–Crippen MR) is 98.0 cm³/mol. The standard InChI is InChI=1S/C20H22F2N4/c21-13-7-18(16-10-24-20-15(16)6-14(22)9-23-20)26-19(8-13)25-17-5-11-1-3-12(17)4-2-11/h6-7,9-13,17H,1-5,8H2,(H,23,24)(H,25,26). The third kappa shape index (κ3) is 2.81. The molecule has 6 heteroatoms. The molecule has 0 amide bonds. The summed E-state index contributed by atoms with van der Waals surface area (Å²) in [4.78, 5) is 12.0. The number of hydrogen-bond acceptors (Lipinski definition) is 2. The Bertz CT molecular complexity index is 892. The zero-order valence-corrected chi connectivity index (χ0v) is 14.5. The van der Waals surface area contributed by atoms with Crippen molar-refractivity contribution in [3.05, 3.63) is 35.9 Å². The second kappa shape index (κ2) is 6.18. The number of pyridine rings is 1. The maximum atomic E-state index is 14.4. The molecule has 2 aromatic heterocycles. The van der Waals surface area contributed by atoms with Crippen molar-refractivity contribution in [1.82, 2.24) is 15.3 Å². The number of halogens is 2. The van der Waals surface area contributed by atoms with E-state index in [1.54, 1.807) is 12.3 Å². The molecule has 2 atom stereocenters. The van der Waals surface area contributed by atoms with Gasteiger partial charge < -0.3 is 10.3 Å². The van der Waals surface area contributed by atoms with E-state index in [2.05, 4.69) is 15.3 Å². The molecule has 3 heterocycles. The quantitative estimate of drug-likeness (QED) is 0.840. The van der Waals surface area contributed by atoms with E-state index in [1.165, 1.54) is 37.9 Å². The number of fused-ring (bicyclic) bond motifs is 4. The minimum absolute atomic E-state index is 0.284. The second-order valence-electron chi connectivity index (χ2n) is 7.84. The summed E-state index contributed by atoms with van der Waals surface area (Å²) in [5.74, 6) is 1.75. The van der Waals surface area contributed by atoms with Gasteiger partial charge in [0.25, 0.3) is 0 Å². The molecule has 0 saturated heterocycles. The highest BCUT2D eigenvalue weighted by molar-refractivity contribution is 5.99. The Balaban J connectivity index is 1.45. The lowest BCUT2D eigenvalue weighted by Gasteiger charge is -2.41. The number of nitrogens with one attached hydrogen (secondary N) is 2. The van der Waals surface area contributed by atoms with Gasteiger partial charge in [-0.05, 0) is 43.2 Å². The Morgan fingerprint density at radius 3 is 2.81 bits per heavy atom. The molecule has 2 bridgehead atoms. The van der Waals surface area contributed by atoms with E-state index in [-0.39, 0.29) is 6.42 Å². The summed E-state index contributed by atoms with van der Waals surface area (Å²) in [7, 11) is 0. The van der Waals surface area contributed by atoms with E-state index in [0.29, 0.717) is 34.5 Å². The number of alkyl halides is 1. The first kappa shape index (κ1) is 16.0. The third-order valence-corrected chi connectivity index (χ3v) is 6.13. The Morgan fingerprint density at radius 2 is 2.04 bits per heavy atom. The van der Waals surface area contributed by atoms with Gasteiger partial charge in [0.15, 0.2) is 0 Å². The Kier molecular flexibility index (Phi) is 3.80. The van der Waals surface area contributed by atoms with Crippen LogP contribution in [-0.4, -0.2) is 28.0 Å². The summed E-state index contributed by atoms with van der Waals surface area (Å²) in [5, 5.41) is 3.95. The van der Waals surface area contributed by atoms with Gasteiger partial charge in [0.2, 0.25) is 0 Å². The molecular weight excluding hydrogens is 334 g/mol. The molecule has 0 radical (unpaired) electrons. The fourth-order valence-corrected chi connectivity index (χ4v) is 4.82. The normalized spacial score (nSPS) is 32.7. The van der Waals surface area contributed by atoms with Crippen molar-refractivity contribution < 1.29 is 8.78 Å². The van der Waals surface area contributed by atoms with Gasteiger partial charge in [-0.3, -0.25) is 4.99 Å². The van der Waals surface area contributed by atoms with E-state index in [4.69, 9.17) is 4.99 Å². The van der Waals surface area contributed by atoms with Crippen LogP contribution in [0.3, 0.4) is 0 Å².